The highest BCUT2D eigenvalue weighted by molar-refractivity contribution is 6.22. The Hall–Kier alpha value is -2.54. The van der Waals surface area contributed by atoms with Crippen molar-refractivity contribution in [3.63, 3.8) is 0 Å². The van der Waals surface area contributed by atoms with E-state index in [1.807, 2.05) is 6.07 Å². The first kappa shape index (κ1) is 19.2. The molecule has 3 rings (SSSR count). The van der Waals surface area contributed by atoms with Gasteiger partial charge in [-0.1, -0.05) is 6.07 Å². The standard InChI is InChI=1S/C20H24O7/c1-23-16-7-4-12(8-18(16)24-2)15-10-27-17-9-13(26-11-19(21)25-3)5-6-14(17)20(15)22/h4,7-8,10,13-14,17H,5-6,9,11H2,1-3H3. The van der Waals surface area contributed by atoms with Gasteiger partial charge in [-0.05, 0) is 30.5 Å². The van der Waals surface area contributed by atoms with Gasteiger partial charge in [-0.2, -0.15) is 0 Å². The van der Waals surface area contributed by atoms with Gasteiger partial charge >= 0.3 is 5.97 Å². The second-order valence-electron chi connectivity index (χ2n) is 6.57. The van der Waals surface area contributed by atoms with Crippen LogP contribution in [0.4, 0.5) is 0 Å². The Bertz CT molecular complexity index is 740. The molecule has 1 saturated carbocycles. The molecule has 3 unspecified atom stereocenters. The fraction of sp³-hybridized carbons (Fsp3) is 0.500. The van der Waals surface area contributed by atoms with Crippen LogP contribution >= 0.6 is 0 Å². The van der Waals surface area contributed by atoms with Gasteiger partial charge in [-0.25, -0.2) is 4.79 Å². The van der Waals surface area contributed by atoms with Crippen LogP contribution in [0.25, 0.3) is 5.57 Å². The van der Waals surface area contributed by atoms with E-state index in [9.17, 15) is 9.59 Å². The van der Waals surface area contributed by atoms with Crippen LogP contribution in [0.15, 0.2) is 24.5 Å². The molecule has 3 atom stereocenters. The van der Waals surface area contributed by atoms with Crippen LogP contribution in [0.2, 0.25) is 0 Å². The zero-order valence-electron chi connectivity index (χ0n) is 15.7. The molecule has 0 amide bonds. The lowest BCUT2D eigenvalue weighted by molar-refractivity contribution is -0.151. The summed E-state index contributed by atoms with van der Waals surface area (Å²) >= 11 is 0. The molecule has 2 aliphatic rings. The SMILES string of the molecule is COC(=O)COC1CCC2C(=O)C(c3ccc(OC)c(OC)c3)=COC2C1. The summed E-state index contributed by atoms with van der Waals surface area (Å²) in [5.41, 5.74) is 1.27. The number of fused-ring (bicyclic) bond motifs is 1. The number of hydrogen-bond donors (Lipinski definition) is 0. The predicted molar refractivity (Wildman–Crippen MR) is 96.5 cm³/mol. The molecule has 7 nitrogen and oxygen atoms in total. The summed E-state index contributed by atoms with van der Waals surface area (Å²) in [5, 5.41) is 0. The molecule has 1 aliphatic carbocycles. The number of hydrogen-bond acceptors (Lipinski definition) is 7. The number of Topliss-reactive ketones (excluding diaryl/α,β-unsaturated/α-hetero) is 1. The molecule has 7 heteroatoms. The highest BCUT2D eigenvalue weighted by atomic mass is 16.6. The molecule has 1 aliphatic heterocycles. The normalized spacial score (nSPS) is 24.3. The van der Waals surface area contributed by atoms with E-state index in [-0.39, 0.29) is 30.5 Å². The van der Waals surface area contributed by atoms with Crippen molar-refractivity contribution in [2.24, 2.45) is 5.92 Å². The maximum Gasteiger partial charge on any atom is 0.331 e. The van der Waals surface area contributed by atoms with E-state index in [0.717, 1.165) is 5.56 Å². The summed E-state index contributed by atoms with van der Waals surface area (Å²) in [6, 6.07) is 5.36. The highest BCUT2D eigenvalue weighted by Gasteiger charge is 2.40. The second kappa shape index (κ2) is 8.43. The van der Waals surface area contributed by atoms with E-state index >= 15 is 0 Å². The molecule has 27 heavy (non-hydrogen) atoms. The summed E-state index contributed by atoms with van der Waals surface area (Å²) in [4.78, 5) is 24.2. The third-order valence-corrected chi connectivity index (χ3v) is 5.07. The lowest BCUT2D eigenvalue weighted by atomic mass is 9.78. The number of benzene rings is 1. The van der Waals surface area contributed by atoms with Crippen molar-refractivity contribution in [3.05, 3.63) is 30.0 Å². The minimum absolute atomic E-state index is 0.0601. The number of allylic oxidation sites excluding steroid dienone is 1. The smallest absolute Gasteiger partial charge is 0.331 e. The first-order valence-corrected chi connectivity index (χ1v) is 8.88. The molecule has 1 aromatic rings. The summed E-state index contributed by atoms with van der Waals surface area (Å²) in [7, 11) is 4.45. The number of methoxy groups -OCH3 is 3. The van der Waals surface area contributed by atoms with Crippen molar-refractivity contribution in [2.75, 3.05) is 27.9 Å². The molecule has 0 saturated heterocycles. The lowest BCUT2D eigenvalue weighted by Crippen LogP contribution is -2.41. The van der Waals surface area contributed by atoms with Crippen LogP contribution in [0.5, 0.6) is 11.5 Å². The van der Waals surface area contributed by atoms with E-state index in [4.69, 9.17) is 18.9 Å². The van der Waals surface area contributed by atoms with Crippen LogP contribution in [0, 0.1) is 5.92 Å². The quantitative estimate of drug-likeness (QED) is 0.705. The van der Waals surface area contributed by atoms with E-state index in [1.54, 1.807) is 26.4 Å². The largest absolute Gasteiger partial charge is 0.496 e. The van der Waals surface area contributed by atoms with Crippen molar-refractivity contribution in [1.29, 1.82) is 0 Å². The van der Waals surface area contributed by atoms with Crippen LogP contribution in [-0.2, 0) is 23.8 Å². The van der Waals surface area contributed by atoms with E-state index in [1.165, 1.54) is 13.4 Å². The minimum Gasteiger partial charge on any atom is -0.496 e. The first-order chi connectivity index (χ1) is 13.1. The second-order valence-corrected chi connectivity index (χ2v) is 6.57. The zero-order valence-corrected chi connectivity index (χ0v) is 15.7. The summed E-state index contributed by atoms with van der Waals surface area (Å²) < 4.78 is 26.6. The first-order valence-electron chi connectivity index (χ1n) is 8.88. The molecule has 1 fully saturated rings. The van der Waals surface area contributed by atoms with Gasteiger partial charge < -0.3 is 23.7 Å². The van der Waals surface area contributed by atoms with Crippen molar-refractivity contribution in [2.45, 2.75) is 31.5 Å². The molecule has 146 valence electrons. The molecule has 0 bridgehead atoms. The summed E-state index contributed by atoms with van der Waals surface area (Å²) in [6.07, 6.45) is 3.09. The Balaban J connectivity index is 1.71. The van der Waals surface area contributed by atoms with Crippen molar-refractivity contribution < 1.29 is 33.3 Å². The van der Waals surface area contributed by atoms with Crippen LogP contribution < -0.4 is 9.47 Å². The Labute approximate surface area is 158 Å². The number of carbonyl (C=O) groups is 2. The Morgan fingerprint density at radius 3 is 2.63 bits per heavy atom. The van der Waals surface area contributed by atoms with Gasteiger partial charge in [-0.3, -0.25) is 4.79 Å². The molecule has 0 aromatic heterocycles. The molecule has 0 N–H and O–H groups in total. The summed E-state index contributed by atoms with van der Waals surface area (Å²) in [6.45, 7) is -0.0841. The van der Waals surface area contributed by atoms with Crippen molar-refractivity contribution in [3.8, 4) is 11.5 Å². The highest BCUT2D eigenvalue weighted by Crippen LogP contribution is 2.39. The third kappa shape index (κ3) is 4.08. The maximum atomic E-state index is 13.0. The number of carbonyl (C=O) groups excluding carboxylic acids is 2. The Morgan fingerprint density at radius 2 is 1.93 bits per heavy atom. The van der Waals surface area contributed by atoms with Gasteiger partial charge in [0.25, 0.3) is 0 Å². The van der Waals surface area contributed by atoms with Gasteiger partial charge in [0, 0.05) is 6.42 Å². The molecular weight excluding hydrogens is 352 g/mol. The van der Waals surface area contributed by atoms with Gasteiger partial charge in [0.1, 0.15) is 12.7 Å². The maximum absolute atomic E-state index is 13.0. The van der Waals surface area contributed by atoms with E-state index in [0.29, 0.717) is 36.3 Å². The molecule has 1 aromatic carbocycles. The van der Waals surface area contributed by atoms with Crippen LogP contribution in [-0.4, -0.2) is 51.9 Å². The van der Waals surface area contributed by atoms with Crippen LogP contribution in [0.3, 0.4) is 0 Å². The fourth-order valence-corrected chi connectivity index (χ4v) is 3.57. The minimum atomic E-state index is -0.409. The predicted octanol–water partition coefficient (Wildman–Crippen LogP) is 2.37. The average Bonchev–Trinajstić information content (AvgIpc) is 2.71. The monoisotopic (exact) mass is 376 g/mol. The lowest BCUT2D eigenvalue weighted by Gasteiger charge is -2.37. The third-order valence-electron chi connectivity index (χ3n) is 5.07. The van der Waals surface area contributed by atoms with Gasteiger partial charge in [0.05, 0.1) is 45.2 Å². The van der Waals surface area contributed by atoms with Gasteiger partial charge in [-0.15, -0.1) is 0 Å². The summed E-state index contributed by atoms with van der Waals surface area (Å²) in [5.74, 6) is 0.604. The Morgan fingerprint density at radius 1 is 1.15 bits per heavy atom. The van der Waals surface area contributed by atoms with E-state index < -0.39 is 5.97 Å². The fourth-order valence-electron chi connectivity index (χ4n) is 3.57. The zero-order chi connectivity index (χ0) is 19.4. The number of ketones is 1. The van der Waals surface area contributed by atoms with E-state index in [2.05, 4.69) is 4.74 Å². The topological polar surface area (TPSA) is 80.3 Å². The molecule has 0 radical (unpaired) electrons. The van der Waals surface area contributed by atoms with Gasteiger partial charge in [0.15, 0.2) is 17.3 Å². The molecule has 1 heterocycles. The molecular formula is C20H24O7. The van der Waals surface area contributed by atoms with Crippen molar-refractivity contribution >= 4 is 17.3 Å². The number of ether oxygens (including phenoxy) is 5. The van der Waals surface area contributed by atoms with Gasteiger partial charge in [0.2, 0.25) is 0 Å². The number of esters is 1. The average molecular weight is 376 g/mol. The molecule has 0 spiro atoms. The van der Waals surface area contributed by atoms with Crippen LogP contribution in [0.1, 0.15) is 24.8 Å². The van der Waals surface area contributed by atoms with Crippen molar-refractivity contribution in [1.82, 2.24) is 0 Å². The number of rotatable bonds is 6. The Kier molecular flexibility index (Phi) is 6.01.